The van der Waals surface area contributed by atoms with Gasteiger partial charge in [-0.05, 0) is 48.7 Å². The van der Waals surface area contributed by atoms with Gasteiger partial charge in [-0.1, -0.05) is 30.0 Å². The number of aromatic nitrogens is 1. The first-order chi connectivity index (χ1) is 9.61. The lowest BCUT2D eigenvalue weighted by atomic mass is 10.1. The third kappa shape index (κ3) is 2.81. The molecule has 0 saturated carbocycles. The first-order valence-corrected chi connectivity index (χ1v) is 8.27. The Hall–Kier alpha value is -1.52. The molecule has 0 unspecified atom stereocenters. The molecule has 2 nitrogen and oxygen atoms in total. The molecule has 2 aromatic carbocycles. The van der Waals surface area contributed by atoms with Gasteiger partial charge in [-0.15, -0.1) is 11.3 Å². The largest absolute Gasteiger partial charge is 0.399 e. The van der Waals surface area contributed by atoms with E-state index in [1.54, 1.807) is 23.1 Å². The molecule has 4 heteroatoms. The molecule has 1 aromatic heterocycles. The van der Waals surface area contributed by atoms with Gasteiger partial charge in [-0.2, -0.15) is 0 Å². The Morgan fingerprint density at radius 2 is 1.95 bits per heavy atom. The minimum absolute atomic E-state index is 0.798. The monoisotopic (exact) mass is 300 g/mol. The molecule has 102 valence electrons. The zero-order valence-electron chi connectivity index (χ0n) is 11.5. The Kier molecular flexibility index (Phi) is 3.68. The fourth-order valence-electron chi connectivity index (χ4n) is 2.02. The molecule has 0 bridgehead atoms. The summed E-state index contributed by atoms with van der Waals surface area (Å²) in [5, 5.41) is 0. The first-order valence-electron chi connectivity index (χ1n) is 6.47. The minimum atomic E-state index is 0.798. The van der Waals surface area contributed by atoms with Crippen molar-refractivity contribution in [2.75, 3.05) is 5.73 Å². The number of rotatable bonds is 3. The highest BCUT2D eigenvalue weighted by Crippen LogP contribution is 2.32. The van der Waals surface area contributed by atoms with Crippen molar-refractivity contribution in [1.82, 2.24) is 4.98 Å². The van der Waals surface area contributed by atoms with Crippen LogP contribution >= 0.6 is 23.1 Å². The molecule has 0 aliphatic carbocycles. The van der Waals surface area contributed by atoms with Crippen LogP contribution in [0.1, 0.15) is 16.7 Å². The van der Waals surface area contributed by atoms with E-state index in [0.717, 1.165) is 26.0 Å². The zero-order valence-corrected chi connectivity index (χ0v) is 13.1. The SMILES string of the molecule is Cc1ccc(CSc2nc3ccc(N)cc3s2)cc1C. The standard InChI is InChI=1S/C16H16N2S2/c1-10-3-4-12(7-11(10)2)9-19-16-18-14-6-5-13(17)8-15(14)20-16/h3-8H,9,17H2,1-2H3. The normalized spacial score (nSPS) is 11.1. The second kappa shape index (κ2) is 5.46. The number of nitrogen functional groups attached to an aromatic ring is 1. The molecule has 0 spiro atoms. The topological polar surface area (TPSA) is 38.9 Å². The van der Waals surface area contributed by atoms with E-state index in [9.17, 15) is 0 Å². The highest BCUT2D eigenvalue weighted by atomic mass is 32.2. The van der Waals surface area contributed by atoms with Crippen LogP contribution in [0.3, 0.4) is 0 Å². The fraction of sp³-hybridized carbons (Fsp3) is 0.188. The summed E-state index contributed by atoms with van der Waals surface area (Å²) in [4.78, 5) is 4.63. The number of nitrogens with zero attached hydrogens (tertiary/aromatic N) is 1. The third-order valence-electron chi connectivity index (χ3n) is 3.33. The molecule has 0 aliphatic rings. The van der Waals surface area contributed by atoms with Crippen LogP contribution in [0.4, 0.5) is 5.69 Å². The summed E-state index contributed by atoms with van der Waals surface area (Å²) in [7, 11) is 0. The summed E-state index contributed by atoms with van der Waals surface area (Å²) in [5.41, 5.74) is 11.7. The summed E-state index contributed by atoms with van der Waals surface area (Å²) >= 11 is 3.50. The number of hydrogen-bond acceptors (Lipinski definition) is 4. The van der Waals surface area contributed by atoms with Gasteiger partial charge in [0.2, 0.25) is 0 Å². The van der Waals surface area contributed by atoms with Gasteiger partial charge in [0.25, 0.3) is 0 Å². The molecule has 3 aromatic rings. The maximum Gasteiger partial charge on any atom is 0.151 e. The highest BCUT2D eigenvalue weighted by Gasteiger charge is 2.05. The van der Waals surface area contributed by atoms with Crippen molar-refractivity contribution in [2.24, 2.45) is 0 Å². The van der Waals surface area contributed by atoms with Crippen LogP contribution in [0.15, 0.2) is 40.7 Å². The highest BCUT2D eigenvalue weighted by molar-refractivity contribution is 8.00. The molecule has 0 atom stereocenters. The Morgan fingerprint density at radius 3 is 2.75 bits per heavy atom. The average molecular weight is 300 g/mol. The van der Waals surface area contributed by atoms with E-state index in [4.69, 9.17) is 5.73 Å². The van der Waals surface area contributed by atoms with Crippen molar-refractivity contribution < 1.29 is 0 Å². The van der Waals surface area contributed by atoms with Crippen LogP contribution in [-0.4, -0.2) is 4.98 Å². The quantitative estimate of drug-likeness (QED) is 0.558. The van der Waals surface area contributed by atoms with Crippen molar-refractivity contribution in [1.29, 1.82) is 0 Å². The zero-order chi connectivity index (χ0) is 14.1. The minimum Gasteiger partial charge on any atom is -0.399 e. The van der Waals surface area contributed by atoms with Crippen LogP contribution in [0.2, 0.25) is 0 Å². The lowest BCUT2D eigenvalue weighted by molar-refractivity contribution is 1.26. The Morgan fingerprint density at radius 1 is 1.10 bits per heavy atom. The van der Waals surface area contributed by atoms with Crippen LogP contribution in [0, 0.1) is 13.8 Å². The maximum atomic E-state index is 5.80. The summed E-state index contributed by atoms with van der Waals surface area (Å²) < 4.78 is 2.26. The molecular formula is C16H16N2S2. The number of anilines is 1. The van der Waals surface area contributed by atoms with Gasteiger partial charge in [-0.3, -0.25) is 0 Å². The smallest absolute Gasteiger partial charge is 0.151 e. The summed E-state index contributed by atoms with van der Waals surface area (Å²) in [6, 6.07) is 12.5. The van der Waals surface area contributed by atoms with Gasteiger partial charge in [0.15, 0.2) is 4.34 Å². The number of benzene rings is 2. The molecule has 0 aliphatic heterocycles. The van der Waals surface area contributed by atoms with Gasteiger partial charge >= 0.3 is 0 Å². The lowest BCUT2D eigenvalue weighted by Gasteiger charge is -2.03. The Balaban J connectivity index is 1.77. The van der Waals surface area contributed by atoms with E-state index in [1.165, 1.54) is 16.7 Å². The molecule has 1 heterocycles. The second-order valence-corrected chi connectivity index (χ2v) is 7.17. The first kappa shape index (κ1) is 13.5. The van der Waals surface area contributed by atoms with Crippen molar-refractivity contribution in [3.8, 4) is 0 Å². The molecule has 3 rings (SSSR count). The van der Waals surface area contributed by atoms with E-state index in [0.29, 0.717) is 0 Å². The molecule has 2 N–H and O–H groups in total. The number of thioether (sulfide) groups is 1. The molecule has 0 fully saturated rings. The van der Waals surface area contributed by atoms with Crippen LogP contribution in [0.25, 0.3) is 10.2 Å². The van der Waals surface area contributed by atoms with Crippen molar-refractivity contribution in [3.63, 3.8) is 0 Å². The van der Waals surface area contributed by atoms with Crippen LogP contribution in [-0.2, 0) is 5.75 Å². The Labute approximate surface area is 127 Å². The lowest BCUT2D eigenvalue weighted by Crippen LogP contribution is -1.85. The van der Waals surface area contributed by atoms with Gasteiger partial charge in [0, 0.05) is 11.4 Å². The van der Waals surface area contributed by atoms with Gasteiger partial charge in [-0.25, -0.2) is 4.98 Å². The molecule has 0 saturated heterocycles. The van der Waals surface area contributed by atoms with Crippen LogP contribution < -0.4 is 5.73 Å². The van der Waals surface area contributed by atoms with Gasteiger partial charge < -0.3 is 5.73 Å². The molecule has 20 heavy (non-hydrogen) atoms. The van der Waals surface area contributed by atoms with E-state index >= 15 is 0 Å². The average Bonchev–Trinajstić information content (AvgIpc) is 2.82. The number of fused-ring (bicyclic) bond motifs is 1. The summed E-state index contributed by atoms with van der Waals surface area (Å²) in [6.45, 7) is 4.30. The third-order valence-corrected chi connectivity index (χ3v) is 5.56. The van der Waals surface area contributed by atoms with E-state index in [-0.39, 0.29) is 0 Å². The molecule has 0 radical (unpaired) electrons. The fourth-order valence-corrected chi connectivity index (χ4v) is 4.08. The van der Waals surface area contributed by atoms with E-state index in [2.05, 4.69) is 37.0 Å². The Bertz CT molecular complexity index is 762. The van der Waals surface area contributed by atoms with Crippen molar-refractivity contribution in [2.45, 2.75) is 23.9 Å². The van der Waals surface area contributed by atoms with Gasteiger partial charge in [0.05, 0.1) is 10.2 Å². The summed E-state index contributed by atoms with van der Waals surface area (Å²) in [6.07, 6.45) is 0. The van der Waals surface area contributed by atoms with E-state index in [1.807, 2.05) is 18.2 Å². The number of hydrogen-bond donors (Lipinski definition) is 1. The van der Waals surface area contributed by atoms with Crippen LogP contribution in [0.5, 0.6) is 0 Å². The molecule has 0 amide bonds. The maximum absolute atomic E-state index is 5.80. The molecular weight excluding hydrogens is 284 g/mol. The van der Waals surface area contributed by atoms with Gasteiger partial charge in [0.1, 0.15) is 0 Å². The number of aryl methyl sites for hydroxylation is 2. The van der Waals surface area contributed by atoms with E-state index < -0.39 is 0 Å². The number of nitrogens with two attached hydrogens (primary N) is 1. The number of thiazole rings is 1. The van der Waals surface area contributed by atoms with Crippen molar-refractivity contribution in [3.05, 3.63) is 53.1 Å². The second-order valence-electron chi connectivity index (χ2n) is 4.91. The summed E-state index contributed by atoms with van der Waals surface area (Å²) in [5.74, 6) is 0.955. The predicted octanol–water partition coefficient (Wildman–Crippen LogP) is 4.79. The predicted molar refractivity (Wildman–Crippen MR) is 89.5 cm³/mol. The van der Waals surface area contributed by atoms with Crippen molar-refractivity contribution >= 4 is 39.0 Å².